The molecule has 2 rings (SSSR count). The van der Waals surface area contributed by atoms with Gasteiger partial charge in [0.2, 0.25) is 0 Å². The average molecular weight is 194 g/mol. The standard InChI is InChI=1S/C10H8F2N2/c11-10(12)6-9(10,14)8-3-1-7(5-13)2-4-8/h1-4H,6,14H2. The Bertz CT molecular complexity index is 405. The number of halogens is 2. The average Bonchev–Trinajstić information content (AvgIpc) is 2.68. The van der Waals surface area contributed by atoms with Crippen molar-refractivity contribution in [2.45, 2.75) is 17.9 Å². The summed E-state index contributed by atoms with van der Waals surface area (Å²) in [7, 11) is 0. The summed E-state index contributed by atoms with van der Waals surface area (Å²) >= 11 is 0. The van der Waals surface area contributed by atoms with E-state index in [0.29, 0.717) is 11.1 Å². The smallest absolute Gasteiger partial charge is 0.272 e. The lowest BCUT2D eigenvalue weighted by molar-refractivity contribution is 0.0891. The Hall–Kier alpha value is -1.47. The first-order chi connectivity index (χ1) is 6.49. The van der Waals surface area contributed by atoms with E-state index in [2.05, 4.69) is 0 Å². The van der Waals surface area contributed by atoms with Gasteiger partial charge in [-0.15, -0.1) is 0 Å². The molecule has 0 amide bonds. The van der Waals surface area contributed by atoms with E-state index in [1.165, 1.54) is 24.3 Å². The number of nitrogens with zero attached hydrogens (tertiary/aromatic N) is 1. The first-order valence-corrected chi connectivity index (χ1v) is 4.17. The molecule has 14 heavy (non-hydrogen) atoms. The van der Waals surface area contributed by atoms with Gasteiger partial charge in [0.25, 0.3) is 5.92 Å². The summed E-state index contributed by atoms with van der Waals surface area (Å²) in [5.41, 5.74) is 4.83. The van der Waals surface area contributed by atoms with E-state index in [0.717, 1.165) is 0 Å². The third-order valence-corrected chi connectivity index (χ3v) is 2.56. The van der Waals surface area contributed by atoms with Crippen molar-refractivity contribution >= 4 is 0 Å². The van der Waals surface area contributed by atoms with Crippen LogP contribution in [0.15, 0.2) is 24.3 Å². The van der Waals surface area contributed by atoms with Gasteiger partial charge in [0, 0.05) is 6.42 Å². The van der Waals surface area contributed by atoms with E-state index >= 15 is 0 Å². The van der Waals surface area contributed by atoms with Crippen molar-refractivity contribution in [2.75, 3.05) is 0 Å². The van der Waals surface area contributed by atoms with Crippen LogP contribution in [-0.4, -0.2) is 5.92 Å². The van der Waals surface area contributed by atoms with Gasteiger partial charge in [-0.05, 0) is 17.7 Å². The topological polar surface area (TPSA) is 49.8 Å². The Kier molecular flexibility index (Phi) is 1.64. The zero-order valence-corrected chi connectivity index (χ0v) is 7.30. The predicted molar refractivity (Wildman–Crippen MR) is 46.6 cm³/mol. The van der Waals surface area contributed by atoms with Gasteiger partial charge in [-0.2, -0.15) is 5.26 Å². The van der Waals surface area contributed by atoms with Gasteiger partial charge in [-0.1, -0.05) is 12.1 Å². The van der Waals surface area contributed by atoms with Crippen LogP contribution >= 0.6 is 0 Å². The van der Waals surface area contributed by atoms with Crippen LogP contribution in [0.25, 0.3) is 0 Å². The zero-order valence-electron chi connectivity index (χ0n) is 7.30. The lowest BCUT2D eigenvalue weighted by Gasteiger charge is -2.09. The maximum absolute atomic E-state index is 12.9. The molecular weight excluding hydrogens is 186 g/mol. The molecule has 0 heterocycles. The number of benzene rings is 1. The molecule has 2 nitrogen and oxygen atoms in total. The maximum Gasteiger partial charge on any atom is 0.272 e. The highest BCUT2D eigenvalue weighted by Gasteiger charge is 2.69. The second kappa shape index (κ2) is 2.52. The highest BCUT2D eigenvalue weighted by molar-refractivity contribution is 5.40. The third-order valence-electron chi connectivity index (χ3n) is 2.56. The monoisotopic (exact) mass is 194 g/mol. The summed E-state index contributed by atoms with van der Waals surface area (Å²) in [6.45, 7) is 0. The van der Waals surface area contributed by atoms with Gasteiger partial charge in [0.1, 0.15) is 5.54 Å². The summed E-state index contributed by atoms with van der Waals surface area (Å²) < 4.78 is 25.7. The lowest BCUT2D eigenvalue weighted by Crippen LogP contribution is -2.26. The maximum atomic E-state index is 12.9. The first-order valence-electron chi connectivity index (χ1n) is 4.17. The Morgan fingerprint density at radius 1 is 1.29 bits per heavy atom. The summed E-state index contributed by atoms with van der Waals surface area (Å²) in [6, 6.07) is 7.89. The molecule has 0 aliphatic heterocycles. The predicted octanol–water partition coefficient (Wildman–Crippen LogP) is 1.75. The molecule has 72 valence electrons. The molecule has 0 aromatic heterocycles. The first kappa shape index (κ1) is 9.10. The van der Waals surface area contributed by atoms with Gasteiger partial charge < -0.3 is 5.73 Å². The molecule has 1 aliphatic rings. The van der Waals surface area contributed by atoms with Crippen molar-refractivity contribution in [3.63, 3.8) is 0 Å². The van der Waals surface area contributed by atoms with E-state index in [1.54, 1.807) is 0 Å². The van der Waals surface area contributed by atoms with Crippen molar-refractivity contribution < 1.29 is 8.78 Å². The van der Waals surface area contributed by atoms with Crippen molar-refractivity contribution in [3.05, 3.63) is 35.4 Å². The molecule has 1 saturated carbocycles. The molecule has 0 saturated heterocycles. The molecule has 1 aromatic carbocycles. The molecule has 1 aromatic rings. The highest BCUT2D eigenvalue weighted by atomic mass is 19.3. The number of alkyl halides is 2. The Labute approximate surface area is 79.9 Å². The molecule has 0 spiro atoms. The van der Waals surface area contributed by atoms with Crippen LogP contribution in [0, 0.1) is 11.3 Å². The fourth-order valence-electron chi connectivity index (χ4n) is 1.46. The SMILES string of the molecule is N#Cc1ccc(C2(N)CC2(F)F)cc1. The molecule has 4 heteroatoms. The summed E-state index contributed by atoms with van der Waals surface area (Å²) in [6.07, 6.45) is -0.314. The zero-order chi connectivity index (χ0) is 10.4. The minimum Gasteiger partial charge on any atom is -0.316 e. The summed E-state index contributed by atoms with van der Waals surface area (Å²) in [5, 5.41) is 8.52. The Morgan fingerprint density at radius 2 is 1.79 bits per heavy atom. The molecule has 1 aliphatic carbocycles. The number of hydrogen-bond donors (Lipinski definition) is 1. The van der Waals surface area contributed by atoms with Crippen molar-refractivity contribution in [3.8, 4) is 6.07 Å². The third kappa shape index (κ3) is 1.10. The number of hydrogen-bond acceptors (Lipinski definition) is 2. The van der Waals surface area contributed by atoms with E-state index in [-0.39, 0.29) is 6.42 Å². The lowest BCUT2D eigenvalue weighted by atomic mass is 10.0. The minimum atomic E-state index is -2.80. The van der Waals surface area contributed by atoms with E-state index in [1.807, 2.05) is 6.07 Å². The number of rotatable bonds is 1. The van der Waals surface area contributed by atoms with Crippen LogP contribution in [0.5, 0.6) is 0 Å². The molecule has 1 unspecified atom stereocenters. The van der Waals surface area contributed by atoms with Gasteiger partial charge in [0.15, 0.2) is 0 Å². The van der Waals surface area contributed by atoms with Crippen molar-refractivity contribution in [2.24, 2.45) is 5.73 Å². The van der Waals surface area contributed by atoms with Crippen LogP contribution in [0.2, 0.25) is 0 Å². The van der Waals surface area contributed by atoms with Crippen LogP contribution in [0.4, 0.5) is 8.78 Å². The normalized spacial score (nSPS) is 28.1. The molecule has 1 atom stereocenters. The highest BCUT2D eigenvalue weighted by Crippen LogP contribution is 2.57. The molecule has 0 bridgehead atoms. The van der Waals surface area contributed by atoms with Crippen molar-refractivity contribution in [1.82, 2.24) is 0 Å². The minimum absolute atomic E-state index is 0.314. The summed E-state index contributed by atoms with van der Waals surface area (Å²) in [4.78, 5) is 0. The molecule has 1 fully saturated rings. The van der Waals surface area contributed by atoms with Gasteiger partial charge in [-0.3, -0.25) is 0 Å². The second-order valence-corrected chi connectivity index (χ2v) is 3.54. The van der Waals surface area contributed by atoms with Crippen molar-refractivity contribution in [1.29, 1.82) is 5.26 Å². The molecule has 0 radical (unpaired) electrons. The van der Waals surface area contributed by atoms with E-state index in [9.17, 15) is 8.78 Å². The molecular formula is C10H8F2N2. The number of nitrogens with two attached hydrogens (primary N) is 1. The Morgan fingerprint density at radius 3 is 2.14 bits per heavy atom. The summed E-state index contributed by atoms with van der Waals surface area (Å²) in [5.74, 6) is -2.80. The fraction of sp³-hybridized carbons (Fsp3) is 0.300. The van der Waals surface area contributed by atoms with Crippen LogP contribution < -0.4 is 5.73 Å². The Balaban J connectivity index is 2.33. The van der Waals surface area contributed by atoms with Crippen LogP contribution in [-0.2, 0) is 5.54 Å². The van der Waals surface area contributed by atoms with Gasteiger partial charge in [-0.25, -0.2) is 8.78 Å². The molecule has 2 N–H and O–H groups in total. The van der Waals surface area contributed by atoms with Gasteiger partial charge in [0.05, 0.1) is 11.6 Å². The number of nitriles is 1. The fourth-order valence-corrected chi connectivity index (χ4v) is 1.46. The largest absolute Gasteiger partial charge is 0.316 e. The van der Waals surface area contributed by atoms with Gasteiger partial charge >= 0.3 is 0 Å². The van der Waals surface area contributed by atoms with Crippen LogP contribution in [0.1, 0.15) is 17.5 Å². The quantitative estimate of drug-likeness (QED) is 0.740. The van der Waals surface area contributed by atoms with E-state index in [4.69, 9.17) is 11.0 Å². The van der Waals surface area contributed by atoms with Crippen LogP contribution in [0.3, 0.4) is 0 Å². The second-order valence-electron chi connectivity index (χ2n) is 3.54. The van der Waals surface area contributed by atoms with E-state index < -0.39 is 11.5 Å².